The topological polar surface area (TPSA) is 66.4 Å². The fourth-order valence-electron chi connectivity index (χ4n) is 1.62. The number of hydrogen-bond acceptors (Lipinski definition) is 3. The molecule has 0 aliphatic rings. The van der Waals surface area contributed by atoms with Gasteiger partial charge in [0.15, 0.2) is 0 Å². The lowest BCUT2D eigenvalue weighted by atomic mass is 10.0. The number of amides is 1. The van der Waals surface area contributed by atoms with Gasteiger partial charge in [-0.15, -0.1) is 11.8 Å². The predicted molar refractivity (Wildman–Crippen MR) is 76.4 cm³/mol. The zero-order valence-electron chi connectivity index (χ0n) is 11.4. The van der Waals surface area contributed by atoms with Crippen molar-refractivity contribution in [3.05, 3.63) is 29.8 Å². The molecule has 0 aliphatic heterocycles. The zero-order valence-corrected chi connectivity index (χ0v) is 12.2. The summed E-state index contributed by atoms with van der Waals surface area (Å²) in [7, 11) is 0. The molecule has 1 amide bonds. The van der Waals surface area contributed by atoms with Gasteiger partial charge in [-0.05, 0) is 32.9 Å². The highest BCUT2D eigenvalue weighted by Crippen LogP contribution is 2.18. The number of hydrogen-bond donors (Lipinski definition) is 2. The Bertz CT molecular complexity index is 454. The van der Waals surface area contributed by atoms with Gasteiger partial charge in [0.2, 0.25) is 5.91 Å². The highest BCUT2D eigenvalue weighted by Gasteiger charge is 2.23. The van der Waals surface area contributed by atoms with Crippen LogP contribution in [-0.2, 0) is 9.59 Å². The first kappa shape index (κ1) is 15.6. The Morgan fingerprint density at radius 3 is 2.37 bits per heavy atom. The van der Waals surface area contributed by atoms with Gasteiger partial charge >= 0.3 is 5.97 Å². The molecule has 0 bridgehead atoms. The van der Waals surface area contributed by atoms with Crippen molar-refractivity contribution in [2.45, 2.75) is 37.6 Å². The van der Waals surface area contributed by atoms with E-state index in [2.05, 4.69) is 5.32 Å². The lowest BCUT2D eigenvalue weighted by molar-refractivity contribution is -0.138. The summed E-state index contributed by atoms with van der Waals surface area (Å²) < 4.78 is 0. The van der Waals surface area contributed by atoms with Crippen LogP contribution >= 0.6 is 11.8 Å². The van der Waals surface area contributed by atoms with Crippen molar-refractivity contribution >= 4 is 23.6 Å². The maximum atomic E-state index is 11.8. The molecule has 0 spiro atoms. The molecule has 0 unspecified atom stereocenters. The minimum absolute atomic E-state index is 0.0893. The molecular formula is C14H19NO3S. The maximum Gasteiger partial charge on any atom is 0.305 e. The van der Waals surface area contributed by atoms with Gasteiger partial charge in [0.05, 0.1) is 12.2 Å². The average Bonchev–Trinajstić information content (AvgIpc) is 2.25. The molecule has 19 heavy (non-hydrogen) atoms. The summed E-state index contributed by atoms with van der Waals surface area (Å²) in [6.45, 7) is 5.42. The van der Waals surface area contributed by atoms with E-state index in [9.17, 15) is 9.59 Å². The molecule has 0 heterocycles. The highest BCUT2D eigenvalue weighted by molar-refractivity contribution is 8.00. The standard InChI is InChI=1S/C14H19NO3S/c1-10-4-6-11(7-5-10)19-9-12(16)15-14(2,3)8-13(17)18/h4-7H,8-9H2,1-3H3,(H,15,16)(H,17,18). The Balaban J connectivity index is 2.43. The van der Waals surface area contributed by atoms with Crippen molar-refractivity contribution < 1.29 is 14.7 Å². The normalized spacial score (nSPS) is 11.1. The number of carbonyl (C=O) groups is 2. The largest absolute Gasteiger partial charge is 0.481 e. The molecule has 0 aliphatic carbocycles. The monoisotopic (exact) mass is 281 g/mol. The molecule has 1 aromatic rings. The van der Waals surface area contributed by atoms with Crippen molar-refractivity contribution in [2.24, 2.45) is 0 Å². The van der Waals surface area contributed by atoms with Gasteiger partial charge in [0.1, 0.15) is 0 Å². The lowest BCUT2D eigenvalue weighted by Crippen LogP contribution is -2.45. The minimum atomic E-state index is -0.920. The second-order valence-electron chi connectivity index (χ2n) is 5.10. The summed E-state index contributed by atoms with van der Waals surface area (Å²) >= 11 is 1.44. The van der Waals surface area contributed by atoms with E-state index in [4.69, 9.17) is 5.11 Å². The van der Waals surface area contributed by atoms with Crippen molar-refractivity contribution in [3.8, 4) is 0 Å². The van der Waals surface area contributed by atoms with Crippen LogP contribution in [0.3, 0.4) is 0 Å². The van der Waals surface area contributed by atoms with E-state index < -0.39 is 11.5 Å². The van der Waals surface area contributed by atoms with E-state index in [-0.39, 0.29) is 18.1 Å². The van der Waals surface area contributed by atoms with Crippen LogP contribution in [0.2, 0.25) is 0 Å². The van der Waals surface area contributed by atoms with E-state index in [1.807, 2.05) is 31.2 Å². The van der Waals surface area contributed by atoms with Gasteiger partial charge in [0, 0.05) is 10.4 Å². The molecule has 1 rings (SSSR count). The molecule has 104 valence electrons. The van der Waals surface area contributed by atoms with Crippen molar-refractivity contribution in [1.29, 1.82) is 0 Å². The molecule has 0 fully saturated rings. The number of thioether (sulfide) groups is 1. The third kappa shape index (κ3) is 6.29. The summed E-state index contributed by atoms with van der Waals surface area (Å²) in [5, 5.41) is 11.5. The van der Waals surface area contributed by atoms with E-state index >= 15 is 0 Å². The Morgan fingerprint density at radius 1 is 1.26 bits per heavy atom. The summed E-state index contributed by atoms with van der Waals surface area (Å²) in [5.74, 6) is -0.792. The molecule has 0 atom stereocenters. The van der Waals surface area contributed by atoms with Crippen LogP contribution in [-0.4, -0.2) is 28.3 Å². The van der Waals surface area contributed by atoms with E-state index in [1.54, 1.807) is 13.8 Å². The van der Waals surface area contributed by atoms with E-state index in [1.165, 1.54) is 17.3 Å². The SMILES string of the molecule is Cc1ccc(SCC(=O)NC(C)(C)CC(=O)O)cc1. The molecule has 0 saturated carbocycles. The van der Waals surface area contributed by atoms with Crippen molar-refractivity contribution in [3.63, 3.8) is 0 Å². The van der Waals surface area contributed by atoms with Crippen LogP contribution in [0.25, 0.3) is 0 Å². The van der Waals surface area contributed by atoms with Gasteiger partial charge in [-0.25, -0.2) is 0 Å². The second kappa shape index (κ2) is 6.61. The first-order valence-corrected chi connectivity index (χ1v) is 6.99. The van der Waals surface area contributed by atoms with Gasteiger partial charge < -0.3 is 10.4 Å². The summed E-state index contributed by atoms with van der Waals surface area (Å²) in [4.78, 5) is 23.4. The fourth-order valence-corrected chi connectivity index (χ4v) is 2.32. The molecule has 5 heteroatoms. The number of rotatable bonds is 6. The van der Waals surface area contributed by atoms with E-state index in [0.29, 0.717) is 0 Å². The zero-order chi connectivity index (χ0) is 14.5. The van der Waals surface area contributed by atoms with Crippen LogP contribution in [0.1, 0.15) is 25.8 Å². The van der Waals surface area contributed by atoms with Crippen LogP contribution in [0, 0.1) is 6.92 Å². The summed E-state index contributed by atoms with van der Waals surface area (Å²) in [6, 6.07) is 7.93. The first-order chi connectivity index (χ1) is 8.78. The molecule has 0 aromatic heterocycles. The minimum Gasteiger partial charge on any atom is -0.481 e. The molecule has 0 saturated heterocycles. The third-order valence-electron chi connectivity index (χ3n) is 2.46. The van der Waals surface area contributed by atoms with Gasteiger partial charge in [-0.1, -0.05) is 17.7 Å². The molecule has 2 N–H and O–H groups in total. The van der Waals surface area contributed by atoms with Crippen LogP contribution in [0.15, 0.2) is 29.2 Å². The quantitative estimate of drug-likeness (QED) is 0.786. The summed E-state index contributed by atoms with van der Waals surface area (Å²) in [6.07, 6.45) is -0.0893. The Morgan fingerprint density at radius 2 is 1.84 bits per heavy atom. The maximum absolute atomic E-state index is 11.8. The van der Waals surface area contributed by atoms with Crippen LogP contribution in [0.4, 0.5) is 0 Å². The lowest BCUT2D eigenvalue weighted by Gasteiger charge is -2.24. The van der Waals surface area contributed by atoms with Crippen LogP contribution in [0.5, 0.6) is 0 Å². The predicted octanol–water partition coefficient (Wildman–Crippen LogP) is 2.46. The number of carboxylic acids is 1. The summed E-state index contributed by atoms with van der Waals surface area (Å²) in [5.41, 5.74) is 0.452. The van der Waals surface area contributed by atoms with Gasteiger partial charge in [0.25, 0.3) is 0 Å². The molecule has 0 radical (unpaired) electrons. The smallest absolute Gasteiger partial charge is 0.305 e. The number of benzene rings is 1. The number of carboxylic acid groups (broad SMARTS) is 1. The van der Waals surface area contributed by atoms with E-state index in [0.717, 1.165) is 4.90 Å². The number of nitrogens with one attached hydrogen (secondary N) is 1. The number of aryl methyl sites for hydroxylation is 1. The van der Waals surface area contributed by atoms with Crippen LogP contribution < -0.4 is 5.32 Å². The van der Waals surface area contributed by atoms with Gasteiger partial charge in [-0.3, -0.25) is 9.59 Å². The Hall–Kier alpha value is -1.49. The molecule has 1 aromatic carbocycles. The number of aliphatic carboxylic acids is 1. The highest BCUT2D eigenvalue weighted by atomic mass is 32.2. The first-order valence-electron chi connectivity index (χ1n) is 6.01. The number of carbonyl (C=O) groups excluding carboxylic acids is 1. The second-order valence-corrected chi connectivity index (χ2v) is 6.15. The molecule has 4 nitrogen and oxygen atoms in total. The Kier molecular flexibility index (Phi) is 5.42. The molecular weight excluding hydrogens is 262 g/mol. The van der Waals surface area contributed by atoms with Gasteiger partial charge in [-0.2, -0.15) is 0 Å². The third-order valence-corrected chi connectivity index (χ3v) is 3.47. The Labute approximate surface area is 117 Å². The van der Waals surface area contributed by atoms with Crippen molar-refractivity contribution in [1.82, 2.24) is 5.32 Å². The fraction of sp³-hybridized carbons (Fsp3) is 0.429. The average molecular weight is 281 g/mol. The van der Waals surface area contributed by atoms with Crippen molar-refractivity contribution in [2.75, 3.05) is 5.75 Å².